The molecule has 0 saturated carbocycles. The summed E-state index contributed by atoms with van der Waals surface area (Å²) < 4.78 is 16.4. The molecule has 2 heterocycles. The van der Waals surface area contributed by atoms with E-state index >= 15 is 0 Å². The van der Waals surface area contributed by atoms with Crippen LogP contribution in [0.2, 0.25) is 0 Å². The lowest BCUT2D eigenvalue weighted by Crippen LogP contribution is -2.42. The SMILES string of the molecule is COc1cccc(-c2cc(C(=O)N3CCOC(c4ccccc4)C3)no2)c1. The van der Waals surface area contributed by atoms with Crippen molar-refractivity contribution >= 4 is 5.91 Å². The Hall–Kier alpha value is -3.12. The Kier molecular flexibility index (Phi) is 4.89. The van der Waals surface area contributed by atoms with Gasteiger partial charge >= 0.3 is 0 Å². The molecule has 27 heavy (non-hydrogen) atoms. The van der Waals surface area contributed by atoms with Crippen molar-refractivity contribution in [3.63, 3.8) is 0 Å². The van der Waals surface area contributed by atoms with E-state index in [0.29, 0.717) is 31.2 Å². The molecule has 4 rings (SSSR count). The number of rotatable bonds is 4. The van der Waals surface area contributed by atoms with Crippen molar-refractivity contribution in [2.24, 2.45) is 0 Å². The van der Waals surface area contributed by atoms with E-state index in [1.807, 2.05) is 54.6 Å². The first-order valence-corrected chi connectivity index (χ1v) is 8.81. The van der Waals surface area contributed by atoms with Gasteiger partial charge in [-0.25, -0.2) is 0 Å². The van der Waals surface area contributed by atoms with Gasteiger partial charge in [-0.3, -0.25) is 4.79 Å². The lowest BCUT2D eigenvalue weighted by molar-refractivity contribution is -0.0231. The van der Waals surface area contributed by atoms with Crippen LogP contribution < -0.4 is 4.74 Å². The van der Waals surface area contributed by atoms with Gasteiger partial charge in [-0.2, -0.15) is 0 Å². The minimum atomic E-state index is -0.155. The molecule has 6 nitrogen and oxygen atoms in total. The van der Waals surface area contributed by atoms with E-state index in [0.717, 1.165) is 16.9 Å². The topological polar surface area (TPSA) is 64.8 Å². The van der Waals surface area contributed by atoms with Crippen LogP contribution in [0.15, 0.2) is 65.2 Å². The summed E-state index contributed by atoms with van der Waals surface area (Å²) in [6, 6.07) is 19.0. The summed E-state index contributed by atoms with van der Waals surface area (Å²) in [5, 5.41) is 3.97. The van der Waals surface area contributed by atoms with Crippen molar-refractivity contribution in [3.8, 4) is 17.1 Å². The summed E-state index contributed by atoms with van der Waals surface area (Å²) in [4.78, 5) is 14.6. The normalized spacial score (nSPS) is 16.9. The van der Waals surface area contributed by atoms with Crippen molar-refractivity contribution in [2.45, 2.75) is 6.10 Å². The molecule has 0 spiro atoms. The summed E-state index contributed by atoms with van der Waals surface area (Å²) in [7, 11) is 1.61. The Morgan fingerprint density at radius 2 is 2.00 bits per heavy atom. The van der Waals surface area contributed by atoms with Gasteiger partial charge in [0.15, 0.2) is 11.5 Å². The summed E-state index contributed by atoms with van der Waals surface area (Å²) in [6.07, 6.45) is -0.131. The molecular weight excluding hydrogens is 344 g/mol. The van der Waals surface area contributed by atoms with Gasteiger partial charge in [0, 0.05) is 18.2 Å². The Labute approximate surface area is 157 Å². The number of carbonyl (C=O) groups is 1. The number of morpholine rings is 1. The van der Waals surface area contributed by atoms with Gasteiger partial charge in [-0.15, -0.1) is 0 Å². The average molecular weight is 364 g/mol. The van der Waals surface area contributed by atoms with Gasteiger partial charge < -0.3 is 18.9 Å². The molecule has 138 valence electrons. The van der Waals surface area contributed by atoms with E-state index in [4.69, 9.17) is 14.0 Å². The first-order chi connectivity index (χ1) is 13.2. The maximum Gasteiger partial charge on any atom is 0.276 e. The summed E-state index contributed by atoms with van der Waals surface area (Å²) in [5.41, 5.74) is 2.17. The van der Waals surface area contributed by atoms with Gasteiger partial charge in [0.25, 0.3) is 5.91 Å². The van der Waals surface area contributed by atoms with Crippen LogP contribution >= 0.6 is 0 Å². The standard InChI is InChI=1S/C21H20N2O4/c1-25-17-9-5-8-16(12-17)19-13-18(22-27-19)21(24)23-10-11-26-20(14-23)15-6-3-2-4-7-15/h2-9,12-13,20H,10-11,14H2,1H3. The molecule has 1 aliphatic heterocycles. The van der Waals surface area contributed by atoms with Crippen LogP contribution in [-0.2, 0) is 4.74 Å². The van der Waals surface area contributed by atoms with Crippen molar-refractivity contribution in [2.75, 3.05) is 26.8 Å². The highest BCUT2D eigenvalue weighted by molar-refractivity contribution is 5.93. The molecule has 0 aliphatic carbocycles. The van der Waals surface area contributed by atoms with Crippen LogP contribution in [0.1, 0.15) is 22.2 Å². The van der Waals surface area contributed by atoms with Crippen LogP contribution in [0.3, 0.4) is 0 Å². The van der Waals surface area contributed by atoms with E-state index < -0.39 is 0 Å². The van der Waals surface area contributed by atoms with Crippen LogP contribution in [0.4, 0.5) is 0 Å². The lowest BCUT2D eigenvalue weighted by atomic mass is 10.1. The Morgan fingerprint density at radius 3 is 2.81 bits per heavy atom. The molecular formula is C21H20N2O4. The summed E-state index contributed by atoms with van der Waals surface area (Å²) in [6.45, 7) is 1.51. The van der Waals surface area contributed by atoms with E-state index in [1.165, 1.54) is 0 Å². The predicted octanol–water partition coefficient (Wildman–Crippen LogP) is 3.56. The summed E-state index contributed by atoms with van der Waals surface area (Å²) in [5.74, 6) is 1.10. The van der Waals surface area contributed by atoms with E-state index in [-0.39, 0.29) is 12.0 Å². The lowest BCUT2D eigenvalue weighted by Gasteiger charge is -2.32. The fourth-order valence-electron chi connectivity index (χ4n) is 3.15. The molecule has 2 aromatic carbocycles. The Morgan fingerprint density at radius 1 is 1.15 bits per heavy atom. The minimum absolute atomic E-state index is 0.131. The molecule has 1 aliphatic rings. The van der Waals surface area contributed by atoms with Crippen LogP contribution in [0.5, 0.6) is 5.75 Å². The van der Waals surface area contributed by atoms with Crippen LogP contribution in [0, 0.1) is 0 Å². The third-order valence-electron chi connectivity index (χ3n) is 4.61. The summed E-state index contributed by atoms with van der Waals surface area (Å²) >= 11 is 0. The second-order valence-corrected chi connectivity index (χ2v) is 6.33. The number of hydrogen-bond acceptors (Lipinski definition) is 5. The number of methoxy groups -OCH3 is 1. The first kappa shape index (κ1) is 17.3. The number of hydrogen-bond donors (Lipinski definition) is 0. The highest BCUT2D eigenvalue weighted by Gasteiger charge is 2.28. The fourth-order valence-corrected chi connectivity index (χ4v) is 3.15. The molecule has 0 radical (unpaired) electrons. The largest absolute Gasteiger partial charge is 0.497 e. The molecule has 1 fully saturated rings. The van der Waals surface area contributed by atoms with Crippen molar-refractivity contribution in [1.29, 1.82) is 0 Å². The van der Waals surface area contributed by atoms with Gasteiger partial charge in [0.2, 0.25) is 0 Å². The van der Waals surface area contributed by atoms with Crippen LogP contribution in [-0.4, -0.2) is 42.8 Å². The zero-order valence-electron chi connectivity index (χ0n) is 15.0. The molecule has 1 aromatic heterocycles. The van der Waals surface area contributed by atoms with Gasteiger partial charge in [-0.05, 0) is 17.7 Å². The number of benzene rings is 2. The molecule has 6 heteroatoms. The van der Waals surface area contributed by atoms with Crippen molar-refractivity contribution in [1.82, 2.24) is 10.1 Å². The van der Waals surface area contributed by atoms with Gasteiger partial charge in [0.1, 0.15) is 11.9 Å². The first-order valence-electron chi connectivity index (χ1n) is 8.81. The number of ether oxygens (including phenoxy) is 2. The Balaban J connectivity index is 1.50. The Bertz CT molecular complexity index is 923. The molecule has 3 aromatic rings. The monoisotopic (exact) mass is 364 g/mol. The maximum absolute atomic E-state index is 12.9. The zero-order valence-corrected chi connectivity index (χ0v) is 15.0. The molecule has 1 unspecified atom stereocenters. The van der Waals surface area contributed by atoms with Crippen molar-refractivity contribution in [3.05, 3.63) is 71.9 Å². The molecule has 1 saturated heterocycles. The fraction of sp³-hybridized carbons (Fsp3) is 0.238. The van der Waals surface area contributed by atoms with Crippen molar-refractivity contribution < 1.29 is 18.8 Å². The quantitative estimate of drug-likeness (QED) is 0.708. The third kappa shape index (κ3) is 3.71. The van der Waals surface area contributed by atoms with E-state index in [2.05, 4.69) is 5.16 Å². The second-order valence-electron chi connectivity index (χ2n) is 6.33. The second kappa shape index (κ2) is 7.63. The third-order valence-corrected chi connectivity index (χ3v) is 4.61. The smallest absolute Gasteiger partial charge is 0.276 e. The maximum atomic E-state index is 12.9. The molecule has 0 bridgehead atoms. The minimum Gasteiger partial charge on any atom is -0.497 e. The number of carbonyl (C=O) groups excluding carboxylic acids is 1. The van der Waals surface area contributed by atoms with Gasteiger partial charge in [0.05, 0.1) is 20.3 Å². The predicted molar refractivity (Wildman–Crippen MR) is 99.5 cm³/mol. The highest BCUT2D eigenvalue weighted by atomic mass is 16.5. The van der Waals surface area contributed by atoms with E-state index in [1.54, 1.807) is 18.1 Å². The molecule has 0 N–H and O–H groups in total. The number of amides is 1. The van der Waals surface area contributed by atoms with E-state index in [9.17, 15) is 4.79 Å². The zero-order chi connectivity index (χ0) is 18.6. The average Bonchev–Trinajstić information content (AvgIpc) is 3.24. The highest BCUT2D eigenvalue weighted by Crippen LogP contribution is 2.26. The van der Waals surface area contributed by atoms with Gasteiger partial charge in [-0.1, -0.05) is 47.6 Å². The van der Waals surface area contributed by atoms with Crippen LogP contribution in [0.25, 0.3) is 11.3 Å². The number of aromatic nitrogens is 1. The molecule has 1 amide bonds. The number of nitrogens with zero attached hydrogens (tertiary/aromatic N) is 2. The molecule has 1 atom stereocenters.